The number of hydrogen-bond acceptors (Lipinski definition) is 6. The summed E-state index contributed by atoms with van der Waals surface area (Å²) in [4.78, 5) is 8.77. The number of aryl methyl sites for hydroxylation is 1. The predicted molar refractivity (Wildman–Crippen MR) is 96.4 cm³/mol. The minimum atomic E-state index is -0.0925. The molecule has 0 amide bonds. The number of methoxy groups -OCH3 is 1. The number of ether oxygens (including phenoxy) is 2. The molecule has 0 aliphatic rings. The van der Waals surface area contributed by atoms with Crippen LogP contribution < -0.4 is 4.74 Å². The van der Waals surface area contributed by atoms with E-state index in [1.54, 1.807) is 32.2 Å². The molecule has 132 valence electrons. The molecule has 2 aromatic heterocycles. The Morgan fingerprint density at radius 1 is 1.24 bits per heavy atom. The van der Waals surface area contributed by atoms with Gasteiger partial charge in [-0.25, -0.2) is 4.98 Å². The molecule has 3 rings (SSSR count). The lowest BCUT2D eigenvalue weighted by molar-refractivity contribution is 0.132. The van der Waals surface area contributed by atoms with Gasteiger partial charge in [0.25, 0.3) is 5.88 Å². The van der Waals surface area contributed by atoms with Crippen molar-refractivity contribution in [3.05, 3.63) is 34.1 Å². The zero-order chi connectivity index (χ0) is 18.0. The third kappa shape index (κ3) is 3.86. The van der Waals surface area contributed by atoms with Gasteiger partial charge in [-0.3, -0.25) is 0 Å². The highest BCUT2D eigenvalue weighted by atomic mass is 35.5. The molecule has 0 N–H and O–H groups in total. The van der Waals surface area contributed by atoms with Gasteiger partial charge in [0.05, 0.1) is 11.1 Å². The van der Waals surface area contributed by atoms with Gasteiger partial charge in [0.15, 0.2) is 0 Å². The first-order chi connectivity index (χ1) is 12.0. The zero-order valence-electron chi connectivity index (χ0n) is 14.0. The van der Waals surface area contributed by atoms with Gasteiger partial charge in [-0.2, -0.15) is 4.98 Å². The van der Waals surface area contributed by atoms with Crippen molar-refractivity contribution in [1.29, 1.82) is 0 Å². The van der Waals surface area contributed by atoms with E-state index in [9.17, 15) is 0 Å². The summed E-state index contributed by atoms with van der Waals surface area (Å²) in [5.41, 5.74) is 2.14. The number of aromatic nitrogens is 3. The second-order valence-corrected chi connectivity index (χ2v) is 6.46. The van der Waals surface area contributed by atoms with E-state index in [0.717, 1.165) is 6.42 Å². The highest BCUT2D eigenvalue weighted by Gasteiger charge is 2.21. The maximum atomic E-state index is 6.29. The smallest absolute Gasteiger partial charge is 0.265 e. The highest BCUT2D eigenvalue weighted by molar-refractivity contribution is 6.36. The third-order valence-electron chi connectivity index (χ3n) is 3.63. The topological polar surface area (TPSA) is 70.3 Å². The molecule has 0 aliphatic heterocycles. The van der Waals surface area contributed by atoms with Gasteiger partial charge < -0.3 is 14.0 Å². The lowest BCUT2D eigenvalue weighted by Crippen LogP contribution is -2.15. The number of hydrogen-bond donors (Lipinski definition) is 0. The van der Waals surface area contributed by atoms with Crippen LogP contribution in [0.4, 0.5) is 0 Å². The Labute approximate surface area is 155 Å². The van der Waals surface area contributed by atoms with Crippen LogP contribution in [0.5, 0.6) is 5.88 Å². The van der Waals surface area contributed by atoms with Crippen LogP contribution >= 0.6 is 23.2 Å². The summed E-state index contributed by atoms with van der Waals surface area (Å²) in [5, 5.41) is 5.13. The van der Waals surface area contributed by atoms with Gasteiger partial charge in [0.2, 0.25) is 5.58 Å². The van der Waals surface area contributed by atoms with E-state index in [1.165, 1.54) is 0 Å². The molecule has 2 heterocycles. The van der Waals surface area contributed by atoms with Crippen molar-refractivity contribution in [2.45, 2.75) is 26.4 Å². The summed E-state index contributed by atoms with van der Waals surface area (Å²) in [6.45, 7) is 4.32. The molecule has 3 aromatic rings. The van der Waals surface area contributed by atoms with E-state index in [4.69, 9.17) is 37.2 Å². The van der Waals surface area contributed by atoms with Crippen LogP contribution in [0.15, 0.2) is 22.7 Å². The second kappa shape index (κ2) is 7.56. The molecule has 0 fully saturated rings. The standard InChI is InChI=1S/C17H17Cl2N3O3/c1-9(6-7-23-3)24-17-16-15(20-10(2)21-17)14(22-25-16)12-5-4-11(18)8-13(12)19/h4-5,8-9H,6-7H2,1-3H3. The van der Waals surface area contributed by atoms with Crippen molar-refractivity contribution >= 4 is 34.3 Å². The van der Waals surface area contributed by atoms with E-state index in [2.05, 4.69) is 15.1 Å². The summed E-state index contributed by atoms with van der Waals surface area (Å²) < 4.78 is 16.4. The number of halogens is 2. The molecular weight excluding hydrogens is 365 g/mol. The van der Waals surface area contributed by atoms with E-state index in [-0.39, 0.29) is 6.10 Å². The van der Waals surface area contributed by atoms with Crippen LogP contribution in [-0.4, -0.2) is 34.9 Å². The fraction of sp³-hybridized carbons (Fsp3) is 0.353. The summed E-state index contributed by atoms with van der Waals surface area (Å²) in [5.74, 6) is 0.908. The van der Waals surface area contributed by atoms with Gasteiger partial charge in [-0.05, 0) is 32.0 Å². The third-order valence-corrected chi connectivity index (χ3v) is 4.17. The number of rotatable bonds is 6. The van der Waals surface area contributed by atoms with Gasteiger partial charge in [0.1, 0.15) is 17.0 Å². The molecule has 8 heteroatoms. The number of nitrogens with zero attached hydrogens (tertiary/aromatic N) is 3. The van der Waals surface area contributed by atoms with Crippen LogP contribution in [0, 0.1) is 6.92 Å². The molecule has 1 atom stereocenters. The molecule has 0 aliphatic carbocycles. The molecule has 0 bridgehead atoms. The molecule has 6 nitrogen and oxygen atoms in total. The minimum absolute atomic E-state index is 0.0925. The van der Waals surface area contributed by atoms with Crippen molar-refractivity contribution in [3.8, 4) is 17.1 Å². The van der Waals surface area contributed by atoms with Crippen molar-refractivity contribution in [3.63, 3.8) is 0 Å². The lowest BCUT2D eigenvalue weighted by atomic mass is 10.1. The average Bonchev–Trinajstić information content (AvgIpc) is 2.96. The first-order valence-corrected chi connectivity index (χ1v) is 8.50. The molecule has 0 radical (unpaired) electrons. The first-order valence-electron chi connectivity index (χ1n) is 7.74. The van der Waals surface area contributed by atoms with E-state index < -0.39 is 0 Å². The SMILES string of the molecule is COCCC(C)Oc1nc(C)nc2c(-c3ccc(Cl)cc3Cl)noc12. The fourth-order valence-corrected chi connectivity index (χ4v) is 2.88. The Morgan fingerprint density at radius 2 is 2.04 bits per heavy atom. The highest BCUT2D eigenvalue weighted by Crippen LogP contribution is 2.36. The lowest BCUT2D eigenvalue weighted by Gasteiger charge is -2.13. The van der Waals surface area contributed by atoms with Crippen molar-refractivity contribution in [1.82, 2.24) is 15.1 Å². The number of benzene rings is 1. The van der Waals surface area contributed by atoms with Gasteiger partial charge in [-0.15, -0.1) is 0 Å². The monoisotopic (exact) mass is 381 g/mol. The zero-order valence-corrected chi connectivity index (χ0v) is 15.6. The Balaban J connectivity index is 2.03. The van der Waals surface area contributed by atoms with Crippen LogP contribution in [0.3, 0.4) is 0 Å². The molecule has 0 spiro atoms. The first kappa shape index (κ1) is 17.9. The Hall–Kier alpha value is -1.89. The normalized spacial score (nSPS) is 12.5. The van der Waals surface area contributed by atoms with E-state index >= 15 is 0 Å². The average molecular weight is 382 g/mol. The van der Waals surface area contributed by atoms with Crippen molar-refractivity contribution in [2.75, 3.05) is 13.7 Å². The maximum Gasteiger partial charge on any atom is 0.265 e. The Bertz CT molecular complexity index is 898. The Morgan fingerprint density at radius 3 is 2.76 bits per heavy atom. The van der Waals surface area contributed by atoms with Crippen LogP contribution in [0.25, 0.3) is 22.4 Å². The van der Waals surface area contributed by atoms with E-state index in [1.807, 2.05) is 6.92 Å². The molecule has 1 unspecified atom stereocenters. The maximum absolute atomic E-state index is 6.29. The van der Waals surface area contributed by atoms with Gasteiger partial charge in [0, 0.05) is 30.7 Å². The predicted octanol–water partition coefficient (Wildman–Crippen LogP) is 4.70. The summed E-state index contributed by atoms with van der Waals surface area (Å²) >= 11 is 12.2. The molecule has 0 saturated heterocycles. The fourth-order valence-electron chi connectivity index (χ4n) is 2.39. The quantitative estimate of drug-likeness (QED) is 0.615. The molecule has 0 saturated carbocycles. The minimum Gasteiger partial charge on any atom is -0.472 e. The molecular formula is C17H17Cl2N3O3. The van der Waals surface area contributed by atoms with Crippen molar-refractivity contribution < 1.29 is 14.0 Å². The van der Waals surface area contributed by atoms with E-state index in [0.29, 0.717) is 50.7 Å². The summed E-state index contributed by atoms with van der Waals surface area (Å²) in [6.07, 6.45) is 0.635. The van der Waals surface area contributed by atoms with Gasteiger partial charge >= 0.3 is 0 Å². The number of fused-ring (bicyclic) bond motifs is 1. The second-order valence-electron chi connectivity index (χ2n) is 5.62. The van der Waals surface area contributed by atoms with Crippen LogP contribution in [0.1, 0.15) is 19.2 Å². The van der Waals surface area contributed by atoms with Crippen molar-refractivity contribution in [2.24, 2.45) is 0 Å². The van der Waals surface area contributed by atoms with Crippen LogP contribution in [0.2, 0.25) is 10.0 Å². The molecule has 25 heavy (non-hydrogen) atoms. The largest absolute Gasteiger partial charge is 0.472 e. The Kier molecular flexibility index (Phi) is 5.42. The summed E-state index contributed by atoms with van der Waals surface area (Å²) in [6, 6.07) is 5.17. The van der Waals surface area contributed by atoms with Gasteiger partial charge in [-0.1, -0.05) is 28.4 Å². The summed E-state index contributed by atoms with van der Waals surface area (Å²) in [7, 11) is 1.65. The van der Waals surface area contributed by atoms with Crippen LogP contribution in [-0.2, 0) is 4.74 Å². The molecule has 1 aromatic carbocycles.